The molecule has 0 heterocycles. The first kappa shape index (κ1) is 12.7. The summed E-state index contributed by atoms with van der Waals surface area (Å²) in [6.07, 6.45) is -1.68. The third-order valence-corrected chi connectivity index (χ3v) is 2.15. The molecular weight excluding hydrogens is 308 g/mol. The van der Waals surface area contributed by atoms with Crippen LogP contribution in [0, 0.1) is 0 Å². The van der Waals surface area contributed by atoms with Crippen molar-refractivity contribution < 1.29 is 17.6 Å². The molecule has 0 fully saturated rings. The van der Waals surface area contributed by atoms with Crippen molar-refractivity contribution in [3.63, 3.8) is 0 Å². The molecular formula is C6H8Br2F4. The van der Waals surface area contributed by atoms with Gasteiger partial charge in [0, 0.05) is 23.5 Å². The highest BCUT2D eigenvalue weighted by Crippen LogP contribution is 2.40. The molecule has 0 unspecified atom stereocenters. The van der Waals surface area contributed by atoms with Crippen molar-refractivity contribution in [2.24, 2.45) is 0 Å². The van der Waals surface area contributed by atoms with E-state index in [9.17, 15) is 17.6 Å². The van der Waals surface area contributed by atoms with Gasteiger partial charge in [-0.3, -0.25) is 0 Å². The highest BCUT2D eigenvalue weighted by Gasteiger charge is 2.54. The number of hydrogen-bond donors (Lipinski definition) is 0. The summed E-state index contributed by atoms with van der Waals surface area (Å²) in [5.41, 5.74) is 0. The van der Waals surface area contributed by atoms with Crippen molar-refractivity contribution in [2.45, 2.75) is 24.7 Å². The third-order valence-electron chi connectivity index (χ3n) is 1.35. The second-order valence-electron chi connectivity index (χ2n) is 2.29. The Morgan fingerprint density at radius 3 is 1.17 bits per heavy atom. The highest BCUT2D eigenvalue weighted by molar-refractivity contribution is 9.09. The molecule has 0 radical (unpaired) electrons. The number of hydrogen-bond acceptors (Lipinski definition) is 0. The molecule has 0 atom stereocenters. The minimum Gasteiger partial charge on any atom is -0.200 e. The van der Waals surface area contributed by atoms with Crippen LogP contribution < -0.4 is 0 Å². The first-order valence-electron chi connectivity index (χ1n) is 3.25. The Hall–Kier alpha value is 0.680. The molecule has 0 aliphatic carbocycles. The van der Waals surface area contributed by atoms with Crippen molar-refractivity contribution in [3.8, 4) is 0 Å². The van der Waals surface area contributed by atoms with E-state index in [1.807, 2.05) is 0 Å². The lowest BCUT2D eigenvalue weighted by molar-refractivity contribution is -0.209. The fourth-order valence-electron chi connectivity index (χ4n) is 0.603. The van der Waals surface area contributed by atoms with Gasteiger partial charge in [0.25, 0.3) is 0 Å². The Morgan fingerprint density at radius 2 is 1.00 bits per heavy atom. The number of rotatable bonds is 5. The first-order valence-corrected chi connectivity index (χ1v) is 5.49. The van der Waals surface area contributed by atoms with Gasteiger partial charge in [0.15, 0.2) is 0 Å². The fraction of sp³-hybridized carbons (Fsp3) is 1.00. The predicted octanol–water partition coefficient (Wildman–Crippen LogP) is 3.83. The van der Waals surface area contributed by atoms with Gasteiger partial charge in [0.1, 0.15) is 0 Å². The predicted molar refractivity (Wildman–Crippen MR) is 46.7 cm³/mol. The average Bonchev–Trinajstić information content (AvgIpc) is 1.86. The van der Waals surface area contributed by atoms with E-state index in [-0.39, 0.29) is 10.7 Å². The van der Waals surface area contributed by atoms with Gasteiger partial charge in [0.2, 0.25) is 0 Å². The normalized spacial score (nSPS) is 13.5. The molecule has 0 bridgehead atoms. The Bertz CT molecular complexity index is 122. The molecule has 0 aromatic rings. The van der Waals surface area contributed by atoms with E-state index in [0.717, 1.165) is 0 Å². The van der Waals surface area contributed by atoms with Gasteiger partial charge in [-0.05, 0) is 0 Å². The van der Waals surface area contributed by atoms with Crippen molar-refractivity contribution >= 4 is 31.9 Å². The van der Waals surface area contributed by atoms with E-state index in [2.05, 4.69) is 31.9 Å². The summed E-state index contributed by atoms with van der Waals surface area (Å²) in [5, 5.41) is -0.254. The van der Waals surface area contributed by atoms with Crippen molar-refractivity contribution in [1.29, 1.82) is 0 Å². The molecule has 0 aromatic carbocycles. The molecule has 0 saturated heterocycles. The second-order valence-corrected chi connectivity index (χ2v) is 3.87. The summed E-state index contributed by atoms with van der Waals surface area (Å²) in [6, 6.07) is 0. The molecule has 0 nitrogen and oxygen atoms in total. The average molecular weight is 316 g/mol. The second kappa shape index (κ2) is 4.79. The number of alkyl halides is 6. The summed E-state index contributed by atoms with van der Waals surface area (Å²) >= 11 is 5.41. The van der Waals surface area contributed by atoms with Crippen LogP contribution >= 0.6 is 31.9 Å². The number of halogens is 6. The third kappa shape index (κ3) is 3.20. The smallest absolute Gasteiger partial charge is 0.200 e. The van der Waals surface area contributed by atoms with E-state index in [4.69, 9.17) is 0 Å². The molecule has 0 aromatic heterocycles. The van der Waals surface area contributed by atoms with Crippen LogP contribution in [0.2, 0.25) is 0 Å². The summed E-state index contributed by atoms with van der Waals surface area (Å²) in [4.78, 5) is 0. The van der Waals surface area contributed by atoms with E-state index in [1.165, 1.54) is 0 Å². The monoisotopic (exact) mass is 314 g/mol. The Labute approximate surface area is 85.0 Å². The Morgan fingerprint density at radius 1 is 0.750 bits per heavy atom. The van der Waals surface area contributed by atoms with Crippen LogP contribution in [0.15, 0.2) is 0 Å². The molecule has 0 rings (SSSR count). The van der Waals surface area contributed by atoms with Gasteiger partial charge in [-0.1, -0.05) is 31.9 Å². The van der Waals surface area contributed by atoms with Crippen molar-refractivity contribution in [3.05, 3.63) is 0 Å². The zero-order valence-corrected chi connectivity index (χ0v) is 9.27. The maximum atomic E-state index is 12.6. The van der Waals surface area contributed by atoms with E-state index in [0.29, 0.717) is 0 Å². The van der Waals surface area contributed by atoms with Crippen LogP contribution in [-0.2, 0) is 0 Å². The van der Waals surface area contributed by atoms with Gasteiger partial charge in [-0.15, -0.1) is 0 Å². The summed E-state index contributed by atoms with van der Waals surface area (Å²) in [7, 11) is 0. The molecule has 12 heavy (non-hydrogen) atoms. The molecule has 0 saturated carbocycles. The molecule has 74 valence electrons. The topological polar surface area (TPSA) is 0 Å². The zero-order chi connectivity index (χ0) is 9.83. The molecule has 0 amide bonds. The van der Waals surface area contributed by atoms with Crippen LogP contribution in [0.1, 0.15) is 12.8 Å². The Kier molecular flexibility index (Phi) is 5.06. The van der Waals surface area contributed by atoms with Crippen molar-refractivity contribution in [1.82, 2.24) is 0 Å². The van der Waals surface area contributed by atoms with Gasteiger partial charge < -0.3 is 0 Å². The molecule has 0 spiro atoms. The van der Waals surface area contributed by atoms with Crippen LogP contribution in [0.5, 0.6) is 0 Å². The van der Waals surface area contributed by atoms with Crippen LogP contribution in [0.25, 0.3) is 0 Å². The van der Waals surface area contributed by atoms with Crippen LogP contribution in [0.4, 0.5) is 17.6 Å². The van der Waals surface area contributed by atoms with Gasteiger partial charge in [-0.2, -0.15) is 17.6 Å². The van der Waals surface area contributed by atoms with Crippen LogP contribution in [0.3, 0.4) is 0 Å². The van der Waals surface area contributed by atoms with Crippen molar-refractivity contribution in [2.75, 3.05) is 10.7 Å². The van der Waals surface area contributed by atoms with Gasteiger partial charge >= 0.3 is 11.8 Å². The molecule has 6 heteroatoms. The standard InChI is InChI=1S/C6H8Br2F4/c7-3-1-5(9,10)6(11,12)2-4-8/h1-4H2. The van der Waals surface area contributed by atoms with E-state index < -0.39 is 24.7 Å². The van der Waals surface area contributed by atoms with Gasteiger partial charge in [0.05, 0.1) is 0 Å². The maximum Gasteiger partial charge on any atom is 0.311 e. The fourth-order valence-corrected chi connectivity index (χ4v) is 1.60. The van der Waals surface area contributed by atoms with Gasteiger partial charge in [-0.25, -0.2) is 0 Å². The molecule has 0 N–H and O–H groups in total. The molecule has 0 aliphatic rings. The minimum atomic E-state index is -3.91. The quantitative estimate of drug-likeness (QED) is 0.534. The lowest BCUT2D eigenvalue weighted by Crippen LogP contribution is -2.41. The van der Waals surface area contributed by atoms with E-state index >= 15 is 0 Å². The summed E-state index contributed by atoms with van der Waals surface area (Å²) in [6.45, 7) is 0. The lowest BCUT2D eigenvalue weighted by atomic mass is 10.1. The highest BCUT2D eigenvalue weighted by atomic mass is 79.9. The summed E-state index contributed by atoms with van der Waals surface area (Å²) < 4.78 is 50.4. The lowest BCUT2D eigenvalue weighted by Gasteiger charge is -2.25. The molecule has 0 aliphatic heterocycles. The summed E-state index contributed by atoms with van der Waals surface area (Å²) in [5.74, 6) is -7.82. The minimum absolute atomic E-state index is 0.127. The largest absolute Gasteiger partial charge is 0.311 e. The van der Waals surface area contributed by atoms with Crippen LogP contribution in [-0.4, -0.2) is 22.5 Å². The SMILES string of the molecule is FC(F)(CCBr)C(F)(F)CCBr. The maximum absolute atomic E-state index is 12.6. The Balaban J connectivity index is 4.28. The first-order chi connectivity index (χ1) is 5.37. The van der Waals surface area contributed by atoms with E-state index in [1.54, 1.807) is 0 Å². The zero-order valence-electron chi connectivity index (χ0n) is 6.10.